The second-order valence-corrected chi connectivity index (χ2v) is 4.08. The van der Waals surface area contributed by atoms with Gasteiger partial charge in [-0.15, -0.1) is 11.6 Å². The number of hydrogen-bond acceptors (Lipinski definition) is 2. The van der Waals surface area contributed by atoms with Gasteiger partial charge < -0.3 is 0 Å². The SMILES string of the molecule is O=C1Cc2ccccc2C(=O)N1CC=CCCl. The van der Waals surface area contributed by atoms with Crippen molar-refractivity contribution in [3.63, 3.8) is 0 Å². The van der Waals surface area contributed by atoms with E-state index < -0.39 is 0 Å². The van der Waals surface area contributed by atoms with Crippen LogP contribution in [0.25, 0.3) is 0 Å². The Bertz CT molecular complexity index is 482. The van der Waals surface area contributed by atoms with Crippen LogP contribution in [0.3, 0.4) is 0 Å². The predicted octanol–water partition coefficient (Wildman–Crippen LogP) is 2.01. The number of carbonyl (C=O) groups excluding carboxylic acids is 2. The largest absolute Gasteiger partial charge is 0.274 e. The number of carbonyl (C=O) groups is 2. The molecule has 0 fully saturated rings. The van der Waals surface area contributed by atoms with Crippen molar-refractivity contribution in [3.8, 4) is 0 Å². The molecule has 0 unspecified atom stereocenters. The molecule has 0 bridgehead atoms. The number of halogens is 1. The molecule has 3 nitrogen and oxygen atoms in total. The van der Waals surface area contributed by atoms with Gasteiger partial charge in [-0.1, -0.05) is 30.4 Å². The number of hydrogen-bond donors (Lipinski definition) is 0. The van der Waals surface area contributed by atoms with Crippen molar-refractivity contribution < 1.29 is 9.59 Å². The van der Waals surface area contributed by atoms with Crippen LogP contribution in [0.1, 0.15) is 15.9 Å². The predicted molar refractivity (Wildman–Crippen MR) is 66.0 cm³/mol. The van der Waals surface area contributed by atoms with E-state index in [1.54, 1.807) is 24.3 Å². The average molecular weight is 250 g/mol. The summed E-state index contributed by atoms with van der Waals surface area (Å²) in [6.07, 6.45) is 3.75. The summed E-state index contributed by atoms with van der Waals surface area (Å²) in [6.45, 7) is 0.290. The molecule has 2 amide bonds. The van der Waals surface area contributed by atoms with Gasteiger partial charge in [0, 0.05) is 18.0 Å². The van der Waals surface area contributed by atoms with Gasteiger partial charge in [0.2, 0.25) is 5.91 Å². The first-order chi connectivity index (χ1) is 8.24. The van der Waals surface area contributed by atoms with Gasteiger partial charge in [0.15, 0.2) is 0 Å². The second-order valence-electron chi connectivity index (χ2n) is 3.77. The molecule has 1 aromatic rings. The minimum atomic E-state index is -0.226. The molecule has 4 heteroatoms. The minimum Gasteiger partial charge on any atom is -0.274 e. The van der Waals surface area contributed by atoms with Gasteiger partial charge in [-0.25, -0.2) is 0 Å². The van der Waals surface area contributed by atoms with E-state index in [0.29, 0.717) is 18.0 Å². The van der Waals surface area contributed by atoms with Gasteiger partial charge in [0.25, 0.3) is 5.91 Å². The summed E-state index contributed by atoms with van der Waals surface area (Å²) in [6, 6.07) is 7.21. The third kappa shape index (κ3) is 2.39. The molecule has 1 aliphatic rings. The van der Waals surface area contributed by atoms with E-state index in [2.05, 4.69) is 0 Å². The summed E-state index contributed by atoms with van der Waals surface area (Å²) in [5.74, 6) is -0.00344. The van der Waals surface area contributed by atoms with Gasteiger partial charge in [-0.05, 0) is 11.6 Å². The highest BCUT2D eigenvalue weighted by Gasteiger charge is 2.29. The Morgan fingerprint density at radius 1 is 1.24 bits per heavy atom. The maximum absolute atomic E-state index is 12.1. The highest BCUT2D eigenvalue weighted by atomic mass is 35.5. The molecule has 0 radical (unpaired) electrons. The lowest BCUT2D eigenvalue weighted by Gasteiger charge is -2.25. The van der Waals surface area contributed by atoms with Crippen LogP contribution in [-0.4, -0.2) is 29.1 Å². The van der Waals surface area contributed by atoms with Gasteiger partial charge in [-0.2, -0.15) is 0 Å². The number of fused-ring (bicyclic) bond motifs is 1. The van der Waals surface area contributed by atoms with Gasteiger partial charge in [0.1, 0.15) is 0 Å². The van der Waals surface area contributed by atoms with Crippen molar-refractivity contribution in [3.05, 3.63) is 47.5 Å². The van der Waals surface area contributed by atoms with Gasteiger partial charge in [0.05, 0.1) is 6.42 Å². The fraction of sp³-hybridized carbons (Fsp3) is 0.231. The Morgan fingerprint density at radius 2 is 2.00 bits per heavy atom. The zero-order valence-electron chi connectivity index (χ0n) is 9.23. The summed E-state index contributed by atoms with van der Waals surface area (Å²) < 4.78 is 0. The van der Waals surface area contributed by atoms with Crippen LogP contribution in [0.2, 0.25) is 0 Å². The van der Waals surface area contributed by atoms with Crippen molar-refractivity contribution in [1.82, 2.24) is 4.90 Å². The first-order valence-electron chi connectivity index (χ1n) is 5.37. The molecule has 0 N–H and O–H groups in total. The molecule has 1 aliphatic heterocycles. The van der Waals surface area contributed by atoms with E-state index in [1.165, 1.54) is 4.90 Å². The molecule has 0 saturated heterocycles. The molecular formula is C13H12ClNO2. The number of benzene rings is 1. The van der Waals surface area contributed by atoms with Crippen LogP contribution >= 0.6 is 11.6 Å². The number of allylic oxidation sites excluding steroid dienone is 1. The molecule has 1 heterocycles. The molecule has 0 saturated carbocycles. The fourth-order valence-electron chi connectivity index (χ4n) is 1.83. The lowest BCUT2D eigenvalue weighted by atomic mass is 9.98. The number of imide groups is 1. The smallest absolute Gasteiger partial charge is 0.261 e. The topological polar surface area (TPSA) is 37.4 Å². The van der Waals surface area contributed by atoms with E-state index in [1.807, 2.05) is 12.1 Å². The first kappa shape index (κ1) is 11.9. The normalized spacial score (nSPS) is 15.5. The molecule has 88 valence electrons. The second kappa shape index (κ2) is 5.15. The fourth-order valence-corrected chi connectivity index (χ4v) is 1.95. The Kier molecular flexibility index (Phi) is 3.59. The van der Waals surface area contributed by atoms with Crippen LogP contribution in [0, 0.1) is 0 Å². The maximum atomic E-state index is 12.1. The summed E-state index contributed by atoms with van der Waals surface area (Å²) in [5, 5.41) is 0. The molecule has 1 aromatic carbocycles. The van der Waals surface area contributed by atoms with E-state index in [9.17, 15) is 9.59 Å². The number of rotatable bonds is 3. The lowest BCUT2D eigenvalue weighted by molar-refractivity contribution is -0.127. The highest BCUT2D eigenvalue weighted by Crippen LogP contribution is 2.19. The molecule has 0 aromatic heterocycles. The van der Waals surface area contributed by atoms with Crippen molar-refractivity contribution in [1.29, 1.82) is 0 Å². The van der Waals surface area contributed by atoms with E-state index in [-0.39, 0.29) is 18.2 Å². The third-order valence-corrected chi connectivity index (χ3v) is 2.86. The zero-order valence-corrected chi connectivity index (χ0v) is 9.98. The average Bonchev–Trinajstić information content (AvgIpc) is 2.33. The highest BCUT2D eigenvalue weighted by molar-refractivity contribution is 6.18. The maximum Gasteiger partial charge on any atom is 0.261 e. The zero-order chi connectivity index (χ0) is 12.3. The summed E-state index contributed by atoms with van der Waals surface area (Å²) in [7, 11) is 0. The van der Waals surface area contributed by atoms with Gasteiger partial charge >= 0.3 is 0 Å². The van der Waals surface area contributed by atoms with Crippen LogP contribution < -0.4 is 0 Å². The van der Waals surface area contributed by atoms with Crippen LogP contribution in [0.5, 0.6) is 0 Å². The van der Waals surface area contributed by atoms with Crippen molar-refractivity contribution >= 4 is 23.4 Å². The Labute approximate surface area is 105 Å². The molecule has 0 atom stereocenters. The molecule has 0 spiro atoms. The standard InChI is InChI=1S/C13H12ClNO2/c14-7-3-4-8-15-12(16)9-10-5-1-2-6-11(10)13(15)17/h1-6H,7-9H2. The Balaban J connectivity index is 2.24. The number of amides is 2. The Hall–Kier alpha value is -1.61. The molecule has 17 heavy (non-hydrogen) atoms. The number of nitrogens with zero attached hydrogens (tertiary/aromatic N) is 1. The molecule has 2 rings (SSSR count). The first-order valence-corrected chi connectivity index (χ1v) is 5.91. The van der Waals surface area contributed by atoms with Crippen LogP contribution in [0.4, 0.5) is 0 Å². The molecule has 0 aliphatic carbocycles. The van der Waals surface area contributed by atoms with Crippen LogP contribution in [0.15, 0.2) is 36.4 Å². The quantitative estimate of drug-likeness (QED) is 0.467. The Morgan fingerprint density at radius 3 is 2.76 bits per heavy atom. The van der Waals surface area contributed by atoms with Crippen LogP contribution in [-0.2, 0) is 11.2 Å². The van der Waals surface area contributed by atoms with E-state index in [4.69, 9.17) is 11.6 Å². The minimum absolute atomic E-state index is 0.159. The summed E-state index contributed by atoms with van der Waals surface area (Å²) >= 11 is 5.50. The lowest BCUT2D eigenvalue weighted by Crippen LogP contribution is -2.42. The number of alkyl halides is 1. The van der Waals surface area contributed by atoms with E-state index >= 15 is 0 Å². The molecular weight excluding hydrogens is 238 g/mol. The van der Waals surface area contributed by atoms with E-state index in [0.717, 1.165) is 5.56 Å². The van der Waals surface area contributed by atoms with Crippen molar-refractivity contribution in [2.24, 2.45) is 0 Å². The summed E-state index contributed by atoms with van der Waals surface area (Å²) in [5.41, 5.74) is 1.42. The monoisotopic (exact) mass is 249 g/mol. The van der Waals surface area contributed by atoms with Crippen molar-refractivity contribution in [2.75, 3.05) is 12.4 Å². The summed E-state index contributed by atoms with van der Waals surface area (Å²) in [4.78, 5) is 25.1. The van der Waals surface area contributed by atoms with Gasteiger partial charge in [-0.3, -0.25) is 14.5 Å². The van der Waals surface area contributed by atoms with Crippen molar-refractivity contribution in [2.45, 2.75) is 6.42 Å². The third-order valence-electron chi connectivity index (χ3n) is 2.68.